The molecule has 1 aliphatic heterocycles. The van der Waals surface area contributed by atoms with Gasteiger partial charge in [-0.2, -0.15) is 0 Å². The summed E-state index contributed by atoms with van der Waals surface area (Å²) >= 11 is 3.04. The van der Waals surface area contributed by atoms with Crippen molar-refractivity contribution >= 4 is 27.7 Å². The molecule has 1 amide bonds. The summed E-state index contributed by atoms with van der Waals surface area (Å²) in [4.78, 5) is 15.2. The molecular formula is C16H21BrF2N2O3. The van der Waals surface area contributed by atoms with E-state index in [2.05, 4.69) is 15.9 Å². The fraction of sp³-hybridized carbons (Fsp3) is 0.562. The smallest absolute Gasteiger partial charge is 0.410 e. The summed E-state index contributed by atoms with van der Waals surface area (Å²) in [6.07, 6.45) is -0.413. The fourth-order valence-electron chi connectivity index (χ4n) is 2.43. The van der Waals surface area contributed by atoms with Gasteiger partial charge < -0.3 is 19.3 Å². The van der Waals surface area contributed by atoms with Gasteiger partial charge in [0, 0.05) is 38.3 Å². The van der Waals surface area contributed by atoms with Crippen LogP contribution < -0.4 is 9.64 Å². The molecule has 0 bridgehead atoms. The number of piperazine rings is 1. The number of benzene rings is 1. The second-order valence-electron chi connectivity index (χ2n) is 6.44. The van der Waals surface area contributed by atoms with Crippen molar-refractivity contribution in [2.24, 2.45) is 0 Å². The number of carbonyl (C=O) groups excluding carboxylic acids is 1. The first-order valence-electron chi connectivity index (χ1n) is 7.62. The lowest BCUT2D eigenvalue weighted by Crippen LogP contribution is -2.50. The van der Waals surface area contributed by atoms with E-state index in [1.54, 1.807) is 30.6 Å². The van der Waals surface area contributed by atoms with E-state index < -0.39 is 23.3 Å². The summed E-state index contributed by atoms with van der Waals surface area (Å²) in [5.41, 5.74) is -0.516. The highest BCUT2D eigenvalue weighted by atomic mass is 79.9. The third kappa shape index (κ3) is 4.72. The molecule has 0 saturated carbocycles. The summed E-state index contributed by atoms with van der Waals surface area (Å²) in [5.74, 6) is -1.24. The van der Waals surface area contributed by atoms with Crippen LogP contribution in [0.4, 0.5) is 19.3 Å². The number of anilines is 1. The van der Waals surface area contributed by atoms with E-state index in [0.29, 0.717) is 26.2 Å². The zero-order valence-electron chi connectivity index (χ0n) is 13.9. The molecule has 1 aromatic carbocycles. The first-order valence-corrected chi connectivity index (χ1v) is 8.74. The number of hydrogen-bond acceptors (Lipinski definition) is 4. The number of rotatable bonds is 3. The minimum absolute atomic E-state index is 0.0965. The Bertz CT molecular complexity index is 576. The number of alkyl halides is 1. The Kier molecular flexibility index (Phi) is 5.90. The van der Waals surface area contributed by atoms with E-state index in [1.807, 2.05) is 0 Å². The summed E-state index contributed by atoms with van der Waals surface area (Å²) in [7, 11) is 0. The van der Waals surface area contributed by atoms with Crippen molar-refractivity contribution < 1.29 is 23.0 Å². The van der Waals surface area contributed by atoms with Gasteiger partial charge in [-0.3, -0.25) is 0 Å². The quantitative estimate of drug-likeness (QED) is 0.716. The van der Waals surface area contributed by atoms with Crippen LogP contribution in [-0.2, 0) is 4.74 Å². The van der Waals surface area contributed by atoms with Gasteiger partial charge in [0.05, 0.1) is 0 Å². The molecule has 8 heteroatoms. The molecule has 5 nitrogen and oxygen atoms in total. The van der Waals surface area contributed by atoms with Crippen molar-refractivity contribution in [2.45, 2.75) is 26.4 Å². The largest absolute Gasteiger partial charge is 0.482 e. The van der Waals surface area contributed by atoms with Crippen molar-refractivity contribution in [3.8, 4) is 5.75 Å². The maximum atomic E-state index is 14.2. The Morgan fingerprint density at radius 2 is 1.71 bits per heavy atom. The highest BCUT2D eigenvalue weighted by Crippen LogP contribution is 2.29. The molecule has 0 radical (unpaired) electrons. The summed E-state index contributed by atoms with van der Waals surface area (Å²) in [5, 5.41) is 0. The lowest BCUT2D eigenvalue weighted by atomic mass is 10.2. The normalized spacial score (nSPS) is 15.4. The Morgan fingerprint density at radius 3 is 2.17 bits per heavy atom. The third-order valence-electron chi connectivity index (χ3n) is 3.46. The molecule has 24 heavy (non-hydrogen) atoms. The van der Waals surface area contributed by atoms with Crippen molar-refractivity contribution in [2.75, 3.05) is 36.6 Å². The molecule has 0 spiro atoms. The van der Waals surface area contributed by atoms with E-state index in [-0.39, 0.29) is 17.0 Å². The second-order valence-corrected chi connectivity index (χ2v) is 6.90. The molecule has 0 N–H and O–H groups in total. The van der Waals surface area contributed by atoms with Crippen LogP contribution in [0.25, 0.3) is 0 Å². The molecule has 0 aliphatic carbocycles. The maximum absolute atomic E-state index is 14.2. The van der Waals surface area contributed by atoms with Crippen LogP contribution in [0, 0.1) is 11.6 Å². The van der Waals surface area contributed by atoms with Crippen LogP contribution in [0.15, 0.2) is 12.1 Å². The van der Waals surface area contributed by atoms with Crippen molar-refractivity contribution in [3.05, 3.63) is 23.8 Å². The van der Waals surface area contributed by atoms with E-state index in [0.717, 1.165) is 12.1 Å². The lowest BCUT2D eigenvalue weighted by molar-refractivity contribution is 0.0240. The zero-order valence-corrected chi connectivity index (χ0v) is 15.5. The lowest BCUT2D eigenvalue weighted by Gasteiger charge is -2.37. The molecule has 2 rings (SSSR count). The molecule has 0 atom stereocenters. The molecule has 1 fully saturated rings. The molecule has 0 aromatic heterocycles. The van der Waals surface area contributed by atoms with Gasteiger partial charge in [-0.15, -0.1) is 0 Å². The predicted octanol–water partition coefficient (Wildman–Crippen LogP) is 3.75. The highest BCUT2D eigenvalue weighted by Gasteiger charge is 2.28. The van der Waals surface area contributed by atoms with Crippen LogP contribution in [0.2, 0.25) is 0 Å². The van der Waals surface area contributed by atoms with E-state index in [9.17, 15) is 13.6 Å². The van der Waals surface area contributed by atoms with E-state index >= 15 is 0 Å². The third-order valence-corrected chi connectivity index (χ3v) is 3.69. The van der Waals surface area contributed by atoms with Crippen LogP contribution in [0.1, 0.15) is 20.8 Å². The number of amides is 1. The number of halogens is 3. The average Bonchev–Trinajstić information content (AvgIpc) is 2.45. The Morgan fingerprint density at radius 1 is 1.17 bits per heavy atom. The molecule has 0 unspecified atom stereocenters. The average molecular weight is 407 g/mol. The van der Waals surface area contributed by atoms with Gasteiger partial charge in [-0.05, 0) is 36.7 Å². The monoisotopic (exact) mass is 406 g/mol. The van der Waals surface area contributed by atoms with Crippen molar-refractivity contribution in [1.82, 2.24) is 4.90 Å². The molecule has 1 saturated heterocycles. The molecule has 1 heterocycles. The first kappa shape index (κ1) is 18.8. The van der Waals surface area contributed by atoms with Crippen molar-refractivity contribution in [1.29, 1.82) is 0 Å². The Labute approximate surface area is 148 Å². The summed E-state index contributed by atoms with van der Waals surface area (Å²) in [6, 6.07) is 2.31. The minimum Gasteiger partial charge on any atom is -0.482 e. The molecule has 134 valence electrons. The zero-order chi connectivity index (χ0) is 17.9. The highest BCUT2D eigenvalue weighted by molar-refractivity contribution is 9.09. The van der Waals surface area contributed by atoms with Crippen LogP contribution in [0.5, 0.6) is 5.75 Å². The van der Waals surface area contributed by atoms with Gasteiger partial charge in [0.15, 0.2) is 11.6 Å². The topological polar surface area (TPSA) is 42.0 Å². The number of ether oxygens (including phenoxy) is 2. The van der Waals surface area contributed by atoms with Gasteiger partial charge >= 0.3 is 6.09 Å². The maximum Gasteiger partial charge on any atom is 0.410 e. The molecular weight excluding hydrogens is 386 g/mol. The second kappa shape index (κ2) is 7.55. The Hall–Kier alpha value is -1.57. The van der Waals surface area contributed by atoms with Gasteiger partial charge in [0.1, 0.15) is 22.6 Å². The standard InChI is InChI=1S/C16H21BrF2N2O3/c1-16(2,3)24-15(22)21-6-4-20(5-7-21)14-12(18)8-11(23-10-17)9-13(14)19/h8-9H,4-7,10H2,1-3H3. The van der Waals surface area contributed by atoms with Gasteiger partial charge in [-0.1, -0.05) is 0 Å². The first-order chi connectivity index (χ1) is 11.2. The van der Waals surface area contributed by atoms with Gasteiger partial charge in [-0.25, -0.2) is 13.6 Å². The SMILES string of the molecule is CC(C)(C)OC(=O)N1CCN(c2c(F)cc(OCBr)cc2F)CC1. The number of carbonyl (C=O) groups is 1. The fourth-order valence-corrected chi connectivity index (χ4v) is 2.69. The minimum atomic E-state index is -0.684. The summed E-state index contributed by atoms with van der Waals surface area (Å²) in [6.45, 7) is 6.71. The number of nitrogens with zero attached hydrogens (tertiary/aromatic N) is 2. The van der Waals surface area contributed by atoms with Crippen molar-refractivity contribution in [3.63, 3.8) is 0 Å². The van der Waals surface area contributed by atoms with Crippen LogP contribution in [0.3, 0.4) is 0 Å². The van der Waals surface area contributed by atoms with E-state index in [1.165, 1.54) is 0 Å². The Balaban J connectivity index is 2.03. The van der Waals surface area contributed by atoms with Gasteiger partial charge in [0.25, 0.3) is 0 Å². The molecule has 1 aliphatic rings. The number of hydrogen-bond donors (Lipinski definition) is 0. The van der Waals surface area contributed by atoms with E-state index in [4.69, 9.17) is 9.47 Å². The predicted molar refractivity (Wildman–Crippen MR) is 90.8 cm³/mol. The van der Waals surface area contributed by atoms with Gasteiger partial charge in [0.2, 0.25) is 0 Å². The summed E-state index contributed by atoms with van der Waals surface area (Å²) < 4.78 is 38.8. The van der Waals surface area contributed by atoms with Crippen LogP contribution in [-0.4, -0.2) is 48.3 Å². The molecule has 1 aromatic rings. The van der Waals surface area contributed by atoms with Crippen LogP contribution >= 0.6 is 15.9 Å².